The van der Waals surface area contributed by atoms with Crippen LogP contribution in [0.1, 0.15) is 31.4 Å². The van der Waals surface area contributed by atoms with Crippen molar-refractivity contribution in [3.63, 3.8) is 0 Å². The molecule has 532 valence electrons. The molecule has 0 spiro atoms. The van der Waals surface area contributed by atoms with Gasteiger partial charge >= 0.3 is 5.97 Å². The van der Waals surface area contributed by atoms with Crippen LogP contribution in [0.25, 0.3) is 0 Å². The second-order valence-corrected chi connectivity index (χ2v) is 24.2. The highest BCUT2D eigenvalue weighted by molar-refractivity contribution is 5.98. The molecule has 2 aromatic rings. The Morgan fingerprint density at radius 1 is 0.594 bits per heavy atom. The fourth-order valence-electron chi connectivity index (χ4n) is 11.5. The highest BCUT2D eigenvalue weighted by atomic mass is 16.7. The number of benzene rings is 2. The monoisotopic (exact) mass is 1360 g/mol. The fourth-order valence-corrected chi connectivity index (χ4v) is 11.5. The summed E-state index contributed by atoms with van der Waals surface area (Å²) in [5, 5.41) is 159. The smallest absolute Gasteiger partial charge is 0.306 e. The first-order valence-electron chi connectivity index (χ1n) is 30.8. The number of hydrogen-bond acceptors (Lipinski definition) is 32. The third kappa shape index (κ3) is 17.7. The Morgan fingerprint density at radius 3 is 1.80 bits per heavy atom. The van der Waals surface area contributed by atoms with Crippen LogP contribution in [0, 0.1) is 5.92 Å². The minimum Gasteiger partial charge on any atom is -0.463 e. The molecule has 6 heterocycles. The van der Waals surface area contributed by atoms with E-state index in [1.54, 1.807) is 44.2 Å². The molecule has 0 aromatic heterocycles. The number of esters is 1. The topological polar surface area (TPSA) is 602 Å². The number of carbonyl (C=O) groups excluding carboxylic acids is 7. The first kappa shape index (κ1) is 74.2. The molecule has 4 unspecified atom stereocenters. The van der Waals surface area contributed by atoms with Gasteiger partial charge in [-0.05, 0) is 29.2 Å². The number of amides is 6. The average Bonchev–Trinajstić information content (AvgIpc) is 1.43. The van der Waals surface area contributed by atoms with Crippen molar-refractivity contribution in [2.75, 3.05) is 46.1 Å². The molecule has 0 radical (unpaired) electrons. The van der Waals surface area contributed by atoms with Crippen molar-refractivity contribution in [3.05, 3.63) is 65.7 Å². The number of guanidine groups is 2. The van der Waals surface area contributed by atoms with Crippen molar-refractivity contribution in [3.8, 4) is 5.75 Å². The molecule has 24 atom stereocenters. The van der Waals surface area contributed by atoms with Gasteiger partial charge in [0.25, 0.3) is 0 Å². The Labute approximate surface area is 546 Å². The standard InChI is InChI=1S/C58H84N12O26/c1-22(2)12-35(75)91-21-33-41(79)43(81)46(84)56(95-33)96-48-32(20-73)94-55(47(85)44(48)82)92-25-10-8-24(9-11-25)14-27-51(88)68-36(38(76)28-15-62-57(59)67-28)53(90)69-37(39(77)30-16-63-58(60)70(30)54-45(83)42(80)40(78)31(19-72)93-54)52(89)66-29(18-71)49(86)61-17-34(74)64-26(50(87)65-27)13-23-6-4-3-5-7-23/h3-11,22,26-33,36-48,54-56,71-73,76-85H,12-21H2,1-2H3,(H2,60,63)(H,61,86)(H,64,74)(H,65,87)(H,66,89)(H,68,88)(H,69,90)(H3,59,62,67)/t26-,27+,28?,29-,30?,31+,32+,33+,36-,37+,38?,39?,40+,41+,42-,43-,44+,45-,46-,47-,48+,54-,55-,56+/m0/s1. The van der Waals surface area contributed by atoms with Gasteiger partial charge in [-0.1, -0.05) is 56.3 Å². The van der Waals surface area contributed by atoms with Crippen LogP contribution < -0.4 is 53.4 Å². The van der Waals surface area contributed by atoms with Crippen LogP contribution in [-0.2, 0) is 70.1 Å². The van der Waals surface area contributed by atoms with E-state index in [-0.39, 0.29) is 42.6 Å². The molecule has 8 rings (SSSR count). The highest BCUT2D eigenvalue weighted by Gasteiger charge is 2.54. The second kappa shape index (κ2) is 33.1. The summed E-state index contributed by atoms with van der Waals surface area (Å²) in [7, 11) is 0. The average molecular weight is 1370 g/mol. The summed E-state index contributed by atoms with van der Waals surface area (Å²) in [5.74, 6) is -8.86. The van der Waals surface area contributed by atoms with Gasteiger partial charge in [0.2, 0.25) is 41.7 Å². The summed E-state index contributed by atoms with van der Waals surface area (Å²) in [6.07, 6.45) is -32.2. The minimum absolute atomic E-state index is 0.0201. The number of ether oxygens (including phenoxy) is 6. The zero-order valence-corrected chi connectivity index (χ0v) is 51.8. The van der Waals surface area contributed by atoms with Gasteiger partial charge in [0.1, 0.15) is 128 Å². The van der Waals surface area contributed by atoms with Crippen LogP contribution >= 0.6 is 0 Å². The van der Waals surface area contributed by atoms with Gasteiger partial charge in [-0.2, -0.15) is 0 Å². The van der Waals surface area contributed by atoms with Crippen LogP contribution in [0.5, 0.6) is 5.75 Å². The van der Waals surface area contributed by atoms with Crippen molar-refractivity contribution in [2.24, 2.45) is 27.4 Å². The summed E-state index contributed by atoms with van der Waals surface area (Å²) < 4.78 is 34.0. The SMILES string of the molecule is CC(C)CC(=O)OC[C@H]1O[C@H](O[C@H]2[C@H](O)[C@H](O)[C@@H](Oc3ccc(C[C@H]4NC(=O)[C@H](Cc5ccccc5)NC(=O)CNC(=O)[C@H](CO)NC(=O)[C@@H](C(O)C5CN=C(N)N5[C@H]5O[C@H](CO)[C@@H](O)[C@H](O)[C@@H]5O)NC(=O)[C@H](C(O)C5CN=C(N)N5)NC4=O)cc3)O[C@@H]2CO)[C@@H](O)[C@@H](O)[C@@H]1O. The van der Waals surface area contributed by atoms with E-state index in [4.69, 9.17) is 39.9 Å². The van der Waals surface area contributed by atoms with Crippen LogP contribution in [-0.4, -0.2) is 317 Å². The van der Waals surface area contributed by atoms with Gasteiger partial charge < -0.3 is 148 Å². The molecule has 24 N–H and O–H groups in total. The van der Waals surface area contributed by atoms with E-state index in [0.717, 1.165) is 4.90 Å². The normalized spacial score (nSPS) is 35.9. The summed E-state index contributed by atoms with van der Waals surface area (Å²) in [5.41, 5.74) is 12.8. The molecule has 4 saturated heterocycles. The van der Waals surface area contributed by atoms with Crippen molar-refractivity contribution in [1.82, 2.24) is 42.1 Å². The molecule has 6 aliphatic heterocycles. The molecule has 4 fully saturated rings. The number of aliphatic hydroxyl groups excluding tert-OH is 13. The summed E-state index contributed by atoms with van der Waals surface area (Å²) in [6, 6.07) is 0.733. The fraction of sp³-hybridized carbons (Fsp3) is 0.638. The predicted molar refractivity (Wildman–Crippen MR) is 322 cm³/mol. The number of aliphatic imine (C=N–C) groups is 2. The van der Waals surface area contributed by atoms with Crippen molar-refractivity contribution in [2.45, 2.75) is 180 Å². The van der Waals surface area contributed by atoms with E-state index in [1.165, 1.54) is 24.3 Å². The Morgan fingerprint density at radius 2 is 1.17 bits per heavy atom. The molecule has 6 amide bonds. The van der Waals surface area contributed by atoms with E-state index in [9.17, 15) is 90.4 Å². The molecule has 0 aliphatic carbocycles. The summed E-state index contributed by atoms with van der Waals surface area (Å²) >= 11 is 0. The van der Waals surface area contributed by atoms with Gasteiger partial charge in [0, 0.05) is 19.3 Å². The van der Waals surface area contributed by atoms with E-state index < -0.39 is 240 Å². The number of rotatable bonds is 20. The van der Waals surface area contributed by atoms with Crippen LogP contribution in [0.2, 0.25) is 0 Å². The Bertz CT molecular complexity index is 3070. The Hall–Kier alpha value is -7.61. The Balaban J connectivity index is 1.07. The first-order chi connectivity index (χ1) is 45.6. The van der Waals surface area contributed by atoms with Crippen LogP contribution in [0.15, 0.2) is 64.6 Å². The van der Waals surface area contributed by atoms with E-state index in [0.29, 0.717) is 5.56 Å². The third-order valence-electron chi connectivity index (χ3n) is 16.8. The van der Waals surface area contributed by atoms with Gasteiger partial charge in [-0.15, -0.1) is 0 Å². The van der Waals surface area contributed by atoms with E-state index in [2.05, 4.69) is 47.2 Å². The van der Waals surface area contributed by atoms with Gasteiger partial charge in [-0.3, -0.25) is 43.5 Å². The lowest BCUT2D eigenvalue weighted by atomic mass is 9.95. The molecule has 96 heavy (non-hydrogen) atoms. The molecule has 38 nitrogen and oxygen atoms in total. The van der Waals surface area contributed by atoms with Gasteiger partial charge in [0.15, 0.2) is 24.4 Å². The van der Waals surface area contributed by atoms with Crippen molar-refractivity contribution >= 4 is 53.3 Å². The van der Waals surface area contributed by atoms with Crippen molar-refractivity contribution < 1.29 is 128 Å². The molecular weight excluding hydrogens is 1280 g/mol. The number of nitrogens with one attached hydrogen (secondary N) is 7. The zero-order chi connectivity index (χ0) is 70.0. The number of nitrogens with two attached hydrogens (primary N) is 2. The zero-order valence-electron chi connectivity index (χ0n) is 51.8. The van der Waals surface area contributed by atoms with E-state index >= 15 is 9.59 Å². The number of carbonyl (C=O) groups is 7. The highest BCUT2D eigenvalue weighted by Crippen LogP contribution is 2.32. The number of aliphatic hydroxyl groups is 13. The Kier molecular flexibility index (Phi) is 25.6. The minimum atomic E-state index is -2.35. The number of nitrogens with zero attached hydrogens (tertiary/aromatic N) is 3. The maximum atomic E-state index is 15.1. The molecule has 38 heteroatoms. The largest absolute Gasteiger partial charge is 0.463 e. The summed E-state index contributed by atoms with van der Waals surface area (Å²) in [6.45, 7) is -1.79. The maximum absolute atomic E-state index is 15.1. The molecule has 6 aliphatic rings. The first-order valence-corrected chi connectivity index (χ1v) is 30.8. The third-order valence-corrected chi connectivity index (χ3v) is 16.8. The lowest BCUT2D eigenvalue weighted by Crippen LogP contribution is -2.70. The maximum Gasteiger partial charge on any atom is 0.306 e. The summed E-state index contributed by atoms with van der Waals surface area (Å²) in [4.78, 5) is 108. The van der Waals surface area contributed by atoms with Crippen molar-refractivity contribution in [1.29, 1.82) is 0 Å². The lowest BCUT2D eigenvalue weighted by Gasteiger charge is -2.46. The predicted octanol–water partition coefficient (Wildman–Crippen LogP) is -12.6. The van der Waals surface area contributed by atoms with Gasteiger partial charge in [-0.25, -0.2) is 0 Å². The van der Waals surface area contributed by atoms with Crippen LogP contribution in [0.4, 0.5) is 0 Å². The number of hydrogen-bond donors (Lipinski definition) is 22. The van der Waals surface area contributed by atoms with E-state index in [1.807, 2.05) is 0 Å². The lowest BCUT2D eigenvalue weighted by molar-refractivity contribution is -0.352. The molecule has 0 saturated carbocycles. The second-order valence-electron chi connectivity index (χ2n) is 24.2. The molecule has 0 bridgehead atoms. The molecule has 2 aromatic carbocycles. The quantitative estimate of drug-likeness (QED) is 0.0547. The van der Waals surface area contributed by atoms with Gasteiger partial charge in [0.05, 0.1) is 51.5 Å². The molecular formula is C58H84N12O26. The van der Waals surface area contributed by atoms with Crippen LogP contribution in [0.3, 0.4) is 0 Å².